The Bertz CT molecular complexity index is 218. The lowest BCUT2D eigenvalue weighted by molar-refractivity contribution is -0.121. The van der Waals surface area contributed by atoms with Crippen molar-refractivity contribution in [1.29, 1.82) is 0 Å². The molecule has 0 rings (SSSR count). The zero-order valence-corrected chi connectivity index (χ0v) is 13.1. The van der Waals surface area contributed by atoms with E-state index in [0.29, 0.717) is 25.0 Å². The molecule has 1 amide bonds. The topological polar surface area (TPSA) is 50.4 Å². The summed E-state index contributed by atoms with van der Waals surface area (Å²) in [5.41, 5.74) is 0. The molecule has 0 saturated carbocycles. The summed E-state index contributed by atoms with van der Waals surface area (Å²) in [5, 5.41) is 6.31. The first-order valence-corrected chi connectivity index (χ1v) is 7.60. The second-order valence-electron chi connectivity index (χ2n) is 5.74. The van der Waals surface area contributed by atoms with Crippen LogP contribution in [0.25, 0.3) is 0 Å². The summed E-state index contributed by atoms with van der Waals surface area (Å²) < 4.78 is 5.44. The minimum Gasteiger partial charge on any atom is -0.381 e. The second-order valence-corrected chi connectivity index (χ2v) is 5.74. The van der Waals surface area contributed by atoms with Crippen molar-refractivity contribution in [2.24, 2.45) is 5.92 Å². The van der Waals surface area contributed by atoms with Gasteiger partial charge in [0.1, 0.15) is 0 Å². The normalized spacial score (nSPS) is 11.3. The third-order valence-electron chi connectivity index (χ3n) is 2.62. The predicted molar refractivity (Wildman–Crippen MR) is 80.3 cm³/mol. The van der Waals surface area contributed by atoms with Crippen LogP contribution >= 0.6 is 0 Å². The van der Waals surface area contributed by atoms with Crippen molar-refractivity contribution in [2.75, 3.05) is 26.3 Å². The van der Waals surface area contributed by atoms with Crippen LogP contribution in [-0.4, -0.2) is 38.3 Å². The molecule has 0 radical (unpaired) electrons. The first-order valence-electron chi connectivity index (χ1n) is 7.60. The van der Waals surface area contributed by atoms with Crippen LogP contribution in [0.2, 0.25) is 0 Å². The van der Waals surface area contributed by atoms with Gasteiger partial charge in [-0.25, -0.2) is 0 Å². The molecule has 0 unspecified atom stereocenters. The van der Waals surface area contributed by atoms with Crippen LogP contribution in [0.3, 0.4) is 0 Å². The lowest BCUT2D eigenvalue weighted by Gasteiger charge is -2.09. The van der Waals surface area contributed by atoms with Gasteiger partial charge in [0.25, 0.3) is 0 Å². The molecule has 2 N–H and O–H groups in total. The van der Waals surface area contributed by atoms with Crippen LogP contribution in [0.5, 0.6) is 0 Å². The smallest absolute Gasteiger partial charge is 0.220 e. The van der Waals surface area contributed by atoms with Gasteiger partial charge in [-0.15, -0.1) is 0 Å². The highest BCUT2D eigenvalue weighted by molar-refractivity contribution is 5.75. The standard InChI is InChI=1S/C15H32N2O2/c1-13(2)12-19-11-7-8-15(18)17-10-6-5-9-16-14(3)4/h13-14,16H,5-12H2,1-4H3,(H,17,18). The van der Waals surface area contributed by atoms with Crippen molar-refractivity contribution in [3.8, 4) is 0 Å². The van der Waals surface area contributed by atoms with E-state index >= 15 is 0 Å². The van der Waals surface area contributed by atoms with Gasteiger partial charge in [0, 0.05) is 32.2 Å². The number of rotatable bonds is 12. The lowest BCUT2D eigenvalue weighted by Crippen LogP contribution is -2.27. The molecule has 0 aromatic rings. The fourth-order valence-electron chi connectivity index (χ4n) is 1.61. The summed E-state index contributed by atoms with van der Waals surface area (Å²) in [7, 11) is 0. The summed E-state index contributed by atoms with van der Waals surface area (Å²) in [6.07, 6.45) is 3.53. The molecular weight excluding hydrogens is 240 g/mol. The third kappa shape index (κ3) is 15.3. The Kier molecular flexibility index (Phi) is 12.0. The molecule has 114 valence electrons. The van der Waals surface area contributed by atoms with Gasteiger partial charge < -0.3 is 15.4 Å². The molecule has 4 nitrogen and oxygen atoms in total. The zero-order valence-electron chi connectivity index (χ0n) is 13.1. The highest BCUT2D eigenvalue weighted by Gasteiger charge is 2.01. The SMILES string of the molecule is CC(C)COCCCC(=O)NCCCCNC(C)C. The first-order chi connectivity index (χ1) is 9.02. The molecule has 0 saturated heterocycles. The molecule has 0 spiro atoms. The number of nitrogens with one attached hydrogen (secondary N) is 2. The summed E-state index contributed by atoms with van der Waals surface area (Å²) in [4.78, 5) is 11.5. The largest absolute Gasteiger partial charge is 0.381 e. The van der Waals surface area contributed by atoms with Crippen molar-refractivity contribution < 1.29 is 9.53 Å². The van der Waals surface area contributed by atoms with Crippen molar-refractivity contribution >= 4 is 5.91 Å². The summed E-state index contributed by atoms with van der Waals surface area (Å²) in [6, 6.07) is 0.542. The summed E-state index contributed by atoms with van der Waals surface area (Å²) in [6.45, 7) is 11.8. The number of ether oxygens (including phenoxy) is 1. The van der Waals surface area contributed by atoms with E-state index in [-0.39, 0.29) is 5.91 Å². The van der Waals surface area contributed by atoms with Gasteiger partial charge in [-0.1, -0.05) is 27.7 Å². The number of unbranched alkanes of at least 4 members (excludes halogenated alkanes) is 1. The third-order valence-corrected chi connectivity index (χ3v) is 2.62. The van der Waals surface area contributed by atoms with Crippen LogP contribution < -0.4 is 10.6 Å². The molecule has 0 aliphatic rings. The Morgan fingerprint density at radius 1 is 1.05 bits per heavy atom. The average Bonchev–Trinajstić information content (AvgIpc) is 2.32. The minimum absolute atomic E-state index is 0.143. The molecule has 0 aliphatic heterocycles. The Labute approximate surface area is 118 Å². The maximum absolute atomic E-state index is 11.5. The quantitative estimate of drug-likeness (QED) is 0.536. The van der Waals surface area contributed by atoms with E-state index in [9.17, 15) is 4.79 Å². The maximum Gasteiger partial charge on any atom is 0.220 e. The molecule has 4 heteroatoms. The van der Waals surface area contributed by atoms with Gasteiger partial charge in [-0.3, -0.25) is 4.79 Å². The summed E-state index contributed by atoms with van der Waals surface area (Å²) >= 11 is 0. The van der Waals surface area contributed by atoms with E-state index < -0.39 is 0 Å². The number of carbonyl (C=O) groups is 1. The van der Waals surface area contributed by atoms with E-state index in [1.54, 1.807) is 0 Å². The van der Waals surface area contributed by atoms with E-state index in [4.69, 9.17) is 4.74 Å². The molecule has 0 atom stereocenters. The molecule has 19 heavy (non-hydrogen) atoms. The Balaban J connectivity index is 3.21. The number of hydrogen-bond donors (Lipinski definition) is 2. The second kappa shape index (κ2) is 12.4. The fourth-order valence-corrected chi connectivity index (χ4v) is 1.61. The van der Waals surface area contributed by atoms with Gasteiger partial charge in [0.05, 0.1) is 0 Å². The van der Waals surface area contributed by atoms with Crippen LogP contribution in [0.4, 0.5) is 0 Å². The van der Waals surface area contributed by atoms with Crippen LogP contribution in [0.15, 0.2) is 0 Å². The van der Waals surface area contributed by atoms with Crippen LogP contribution in [0, 0.1) is 5.92 Å². The average molecular weight is 272 g/mol. The monoisotopic (exact) mass is 272 g/mol. The molecule has 0 heterocycles. The number of hydrogen-bond acceptors (Lipinski definition) is 3. The highest BCUT2D eigenvalue weighted by atomic mass is 16.5. The molecular formula is C15H32N2O2. The molecule has 0 aromatic heterocycles. The number of carbonyl (C=O) groups excluding carboxylic acids is 1. The van der Waals surface area contributed by atoms with E-state index in [1.165, 1.54) is 0 Å². The van der Waals surface area contributed by atoms with E-state index in [0.717, 1.165) is 39.0 Å². The summed E-state index contributed by atoms with van der Waals surface area (Å²) in [5.74, 6) is 0.707. The maximum atomic E-state index is 11.5. The highest BCUT2D eigenvalue weighted by Crippen LogP contribution is 1.96. The van der Waals surface area contributed by atoms with Crippen LogP contribution in [-0.2, 0) is 9.53 Å². The van der Waals surface area contributed by atoms with E-state index in [1.807, 2.05) is 0 Å². The molecule has 0 bridgehead atoms. The molecule has 0 aromatic carbocycles. The van der Waals surface area contributed by atoms with E-state index in [2.05, 4.69) is 38.3 Å². The van der Waals surface area contributed by atoms with Gasteiger partial charge in [-0.2, -0.15) is 0 Å². The number of amides is 1. The van der Waals surface area contributed by atoms with Gasteiger partial charge in [0.2, 0.25) is 5.91 Å². The van der Waals surface area contributed by atoms with Crippen molar-refractivity contribution in [1.82, 2.24) is 10.6 Å². The van der Waals surface area contributed by atoms with Gasteiger partial charge in [-0.05, 0) is 31.7 Å². The Morgan fingerprint density at radius 3 is 2.37 bits per heavy atom. The van der Waals surface area contributed by atoms with Crippen LogP contribution in [0.1, 0.15) is 53.4 Å². The zero-order chi connectivity index (χ0) is 14.5. The predicted octanol–water partition coefficient (Wildman–Crippen LogP) is 2.33. The van der Waals surface area contributed by atoms with Gasteiger partial charge >= 0.3 is 0 Å². The van der Waals surface area contributed by atoms with Gasteiger partial charge in [0.15, 0.2) is 0 Å². The minimum atomic E-state index is 0.143. The van der Waals surface area contributed by atoms with Crippen molar-refractivity contribution in [2.45, 2.75) is 59.4 Å². The van der Waals surface area contributed by atoms with Crippen molar-refractivity contribution in [3.63, 3.8) is 0 Å². The fraction of sp³-hybridized carbons (Fsp3) is 0.933. The van der Waals surface area contributed by atoms with Crippen molar-refractivity contribution in [3.05, 3.63) is 0 Å². The Morgan fingerprint density at radius 2 is 1.74 bits per heavy atom. The first kappa shape index (κ1) is 18.4. The molecule has 0 aliphatic carbocycles. The molecule has 0 fully saturated rings. The Hall–Kier alpha value is -0.610. The lowest BCUT2D eigenvalue weighted by atomic mass is 10.2.